The zero-order chi connectivity index (χ0) is 16.9. The summed E-state index contributed by atoms with van der Waals surface area (Å²) >= 11 is 6.10. The summed E-state index contributed by atoms with van der Waals surface area (Å²) in [5, 5.41) is 4.22. The van der Waals surface area contributed by atoms with Crippen molar-refractivity contribution in [1.82, 2.24) is 10.2 Å². The molecule has 1 N–H and O–H groups in total. The van der Waals surface area contributed by atoms with Crippen molar-refractivity contribution in [3.63, 3.8) is 0 Å². The van der Waals surface area contributed by atoms with Crippen LogP contribution in [-0.4, -0.2) is 43.1 Å². The Hall–Kier alpha value is -0.970. The third-order valence-corrected chi connectivity index (χ3v) is 5.04. The maximum absolute atomic E-state index is 12.9. The number of carbonyl (C=O) groups is 1. The molecular weight excluding hydrogens is 359 g/mol. The molecular formula is C19H28Cl2N2O2. The van der Waals surface area contributed by atoms with Gasteiger partial charge in [-0.3, -0.25) is 4.79 Å². The van der Waals surface area contributed by atoms with E-state index >= 15 is 0 Å². The van der Waals surface area contributed by atoms with Crippen molar-refractivity contribution in [2.75, 3.05) is 26.2 Å². The summed E-state index contributed by atoms with van der Waals surface area (Å²) in [4.78, 5) is 14.8. The Bertz CT molecular complexity index is 571. The van der Waals surface area contributed by atoms with Gasteiger partial charge in [-0.25, -0.2) is 0 Å². The molecule has 0 bridgehead atoms. The maximum Gasteiger partial charge on any atom is 0.257 e. The lowest BCUT2D eigenvalue weighted by Gasteiger charge is -2.33. The van der Waals surface area contributed by atoms with Crippen LogP contribution in [0.4, 0.5) is 0 Å². The lowest BCUT2D eigenvalue weighted by molar-refractivity contribution is 0.0700. The number of rotatable bonds is 7. The van der Waals surface area contributed by atoms with E-state index < -0.39 is 0 Å². The molecule has 1 saturated carbocycles. The van der Waals surface area contributed by atoms with Crippen LogP contribution in [0.2, 0.25) is 5.02 Å². The fourth-order valence-electron chi connectivity index (χ4n) is 3.12. The van der Waals surface area contributed by atoms with E-state index in [-0.39, 0.29) is 18.3 Å². The monoisotopic (exact) mass is 386 g/mol. The highest BCUT2D eigenvalue weighted by atomic mass is 35.5. The second kappa shape index (κ2) is 9.65. The molecule has 1 amide bonds. The fourth-order valence-corrected chi connectivity index (χ4v) is 3.29. The Kier molecular flexibility index (Phi) is 7.85. The van der Waals surface area contributed by atoms with Gasteiger partial charge in [-0.05, 0) is 62.8 Å². The van der Waals surface area contributed by atoms with Gasteiger partial charge < -0.3 is 15.0 Å². The molecule has 0 unspecified atom stereocenters. The molecule has 1 aliphatic carbocycles. The quantitative estimate of drug-likeness (QED) is 0.764. The Morgan fingerprint density at radius 2 is 2.00 bits per heavy atom. The summed E-state index contributed by atoms with van der Waals surface area (Å²) in [5.41, 5.74) is 0.584. The van der Waals surface area contributed by atoms with Crippen molar-refractivity contribution in [1.29, 1.82) is 0 Å². The zero-order valence-corrected chi connectivity index (χ0v) is 16.4. The van der Waals surface area contributed by atoms with E-state index in [9.17, 15) is 4.79 Å². The topological polar surface area (TPSA) is 41.6 Å². The van der Waals surface area contributed by atoms with Crippen LogP contribution in [0, 0.1) is 5.92 Å². The number of carbonyl (C=O) groups excluding carboxylic acids is 1. The summed E-state index contributed by atoms with van der Waals surface area (Å²) in [5.74, 6) is 1.57. The molecule has 1 aromatic rings. The minimum atomic E-state index is 0. The third-order valence-electron chi connectivity index (χ3n) is 4.81. The van der Waals surface area contributed by atoms with Gasteiger partial charge in [-0.15, -0.1) is 12.4 Å². The van der Waals surface area contributed by atoms with Gasteiger partial charge >= 0.3 is 0 Å². The predicted octanol–water partition coefficient (Wildman–Crippen LogP) is 4.15. The molecule has 25 heavy (non-hydrogen) atoms. The first-order valence-corrected chi connectivity index (χ1v) is 9.50. The molecule has 1 saturated heterocycles. The number of likely N-dealkylation sites (tertiary alicyclic amines) is 1. The van der Waals surface area contributed by atoms with Gasteiger partial charge in [-0.1, -0.05) is 18.5 Å². The Morgan fingerprint density at radius 1 is 1.28 bits per heavy atom. The molecule has 1 heterocycles. The van der Waals surface area contributed by atoms with Crippen molar-refractivity contribution in [2.24, 2.45) is 5.92 Å². The van der Waals surface area contributed by atoms with Crippen LogP contribution in [0.15, 0.2) is 18.2 Å². The van der Waals surface area contributed by atoms with Gasteiger partial charge in [0, 0.05) is 24.2 Å². The number of hydrogen-bond acceptors (Lipinski definition) is 3. The van der Waals surface area contributed by atoms with Crippen molar-refractivity contribution in [3.05, 3.63) is 28.8 Å². The molecule has 2 aliphatic rings. The van der Waals surface area contributed by atoms with Gasteiger partial charge in [0.25, 0.3) is 5.91 Å². The van der Waals surface area contributed by atoms with Crippen molar-refractivity contribution in [3.8, 4) is 5.75 Å². The number of nitrogens with zero attached hydrogens (tertiary/aromatic N) is 1. The van der Waals surface area contributed by atoms with Crippen LogP contribution in [-0.2, 0) is 0 Å². The first kappa shape index (κ1) is 20.3. The molecule has 1 aromatic carbocycles. The van der Waals surface area contributed by atoms with E-state index in [4.69, 9.17) is 16.3 Å². The summed E-state index contributed by atoms with van der Waals surface area (Å²) in [6.45, 7) is 5.38. The van der Waals surface area contributed by atoms with Crippen LogP contribution in [0.25, 0.3) is 0 Å². The minimum absolute atomic E-state index is 0. The second-order valence-corrected chi connectivity index (χ2v) is 7.34. The average molecular weight is 387 g/mol. The summed E-state index contributed by atoms with van der Waals surface area (Å²) in [7, 11) is 0. The molecule has 2 fully saturated rings. The number of amides is 1. The molecule has 0 aromatic heterocycles. The smallest absolute Gasteiger partial charge is 0.257 e. The van der Waals surface area contributed by atoms with Gasteiger partial charge in [0.2, 0.25) is 0 Å². The van der Waals surface area contributed by atoms with Gasteiger partial charge in [0.1, 0.15) is 5.75 Å². The van der Waals surface area contributed by atoms with Crippen LogP contribution < -0.4 is 10.1 Å². The number of halogens is 2. The second-order valence-electron chi connectivity index (χ2n) is 6.91. The van der Waals surface area contributed by atoms with Crippen LogP contribution in [0.3, 0.4) is 0 Å². The standard InChI is InChI=1S/C19H27ClN2O2.ClH/c1-2-11-24-18-6-5-15(20)12-17(18)19(23)22-9-7-16(8-10-22)21-13-14-3-4-14;/h5-6,12,14,16,21H,2-4,7-11,13H2,1H3;1H. The number of hydrogen-bond donors (Lipinski definition) is 1. The highest BCUT2D eigenvalue weighted by Gasteiger charge is 2.27. The largest absolute Gasteiger partial charge is 0.493 e. The highest BCUT2D eigenvalue weighted by Crippen LogP contribution is 2.29. The van der Waals surface area contributed by atoms with Gasteiger partial charge in [0.15, 0.2) is 0 Å². The van der Waals surface area contributed by atoms with Crippen LogP contribution in [0.5, 0.6) is 5.75 Å². The van der Waals surface area contributed by atoms with Crippen molar-refractivity contribution < 1.29 is 9.53 Å². The number of piperidine rings is 1. The van der Waals surface area contributed by atoms with Crippen LogP contribution in [0.1, 0.15) is 49.4 Å². The highest BCUT2D eigenvalue weighted by molar-refractivity contribution is 6.31. The molecule has 0 radical (unpaired) electrons. The Balaban J connectivity index is 0.00000225. The predicted molar refractivity (Wildman–Crippen MR) is 104 cm³/mol. The van der Waals surface area contributed by atoms with E-state index in [1.165, 1.54) is 12.8 Å². The van der Waals surface area contributed by atoms with Gasteiger partial charge in [-0.2, -0.15) is 0 Å². The van der Waals surface area contributed by atoms with Crippen molar-refractivity contribution in [2.45, 2.75) is 45.1 Å². The SMILES string of the molecule is CCCOc1ccc(Cl)cc1C(=O)N1CCC(NCC2CC2)CC1.Cl. The van der Waals surface area contributed by atoms with Gasteiger partial charge in [0.05, 0.1) is 12.2 Å². The maximum atomic E-state index is 12.9. The van der Waals surface area contributed by atoms with Crippen LogP contribution >= 0.6 is 24.0 Å². The Labute approximate surface area is 161 Å². The molecule has 0 atom stereocenters. The number of benzene rings is 1. The van der Waals surface area contributed by atoms with E-state index in [0.29, 0.717) is 29.0 Å². The van der Waals surface area contributed by atoms with Crippen molar-refractivity contribution >= 4 is 29.9 Å². The van der Waals surface area contributed by atoms with E-state index in [1.54, 1.807) is 18.2 Å². The summed E-state index contributed by atoms with van der Waals surface area (Å²) in [6.07, 6.45) is 5.70. The fraction of sp³-hybridized carbons (Fsp3) is 0.632. The van der Waals surface area contributed by atoms with E-state index in [2.05, 4.69) is 12.2 Å². The molecule has 140 valence electrons. The van der Waals surface area contributed by atoms with E-state index in [0.717, 1.165) is 44.8 Å². The third kappa shape index (κ3) is 5.77. The lowest BCUT2D eigenvalue weighted by atomic mass is 10.0. The Morgan fingerprint density at radius 3 is 2.64 bits per heavy atom. The summed E-state index contributed by atoms with van der Waals surface area (Å²) < 4.78 is 5.73. The first-order chi connectivity index (χ1) is 11.7. The molecule has 4 nitrogen and oxygen atoms in total. The zero-order valence-electron chi connectivity index (χ0n) is 14.8. The number of nitrogens with one attached hydrogen (secondary N) is 1. The molecule has 0 spiro atoms. The summed E-state index contributed by atoms with van der Waals surface area (Å²) in [6, 6.07) is 5.85. The minimum Gasteiger partial charge on any atom is -0.493 e. The number of ether oxygens (including phenoxy) is 1. The first-order valence-electron chi connectivity index (χ1n) is 9.12. The lowest BCUT2D eigenvalue weighted by Crippen LogP contribution is -2.45. The normalized spacial score (nSPS) is 17.9. The molecule has 3 rings (SSSR count). The average Bonchev–Trinajstić information content (AvgIpc) is 3.43. The molecule has 6 heteroatoms. The van der Waals surface area contributed by atoms with E-state index in [1.807, 2.05) is 4.90 Å². The molecule has 1 aliphatic heterocycles.